The Morgan fingerprint density at radius 1 is 1.03 bits per heavy atom. The Morgan fingerprint density at radius 2 is 1.69 bits per heavy atom. The van der Waals surface area contributed by atoms with Gasteiger partial charge in [0, 0.05) is 41.3 Å². The maximum Gasteiger partial charge on any atom is 0.354 e. The molecule has 2 aromatic carbocycles. The number of benzene rings is 2. The summed E-state index contributed by atoms with van der Waals surface area (Å²) in [5.41, 5.74) is 8.05. The molecule has 36 heavy (non-hydrogen) atoms. The van der Waals surface area contributed by atoms with Gasteiger partial charge in [-0.15, -0.1) is 0 Å². The van der Waals surface area contributed by atoms with Crippen molar-refractivity contribution in [2.75, 3.05) is 13.7 Å². The molecule has 0 unspecified atom stereocenters. The summed E-state index contributed by atoms with van der Waals surface area (Å²) >= 11 is 13.1. The van der Waals surface area contributed by atoms with Crippen molar-refractivity contribution in [3.05, 3.63) is 68.1 Å². The fraction of sp³-hybridized carbons (Fsp3) is 0.357. The van der Waals surface area contributed by atoms with Gasteiger partial charge < -0.3 is 14.0 Å². The number of nitrogens with zero attached hydrogens (tertiary/aromatic N) is 3. The summed E-state index contributed by atoms with van der Waals surface area (Å²) in [5, 5.41) is 6.93. The van der Waals surface area contributed by atoms with Crippen molar-refractivity contribution >= 4 is 40.1 Å². The third kappa shape index (κ3) is 4.48. The molecule has 0 saturated carbocycles. The normalized spacial score (nSPS) is 11.4. The second kappa shape index (κ2) is 10.2. The summed E-state index contributed by atoms with van der Waals surface area (Å²) in [6.45, 7) is 8.43. The summed E-state index contributed by atoms with van der Waals surface area (Å²) < 4.78 is 14.9. The van der Waals surface area contributed by atoms with Crippen molar-refractivity contribution in [2.45, 2.75) is 40.5 Å². The van der Waals surface area contributed by atoms with Crippen molar-refractivity contribution in [1.82, 2.24) is 14.3 Å². The van der Waals surface area contributed by atoms with E-state index in [9.17, 15) is 4.79 Å². The second-order valence-electron chi connectivity index (χ2n) is 9.19. The number of halogens is 2. The van der Waals surface area contributed by atoms with Crippen LogP contribution in [0.4, 0.5) is 0 Å². The first-order valence-corrected chi connectivity index (χ1v) is 12.6. The highest BCUT2D eigenvalue weighted by Crippen LogP contribution is 2.41. The van der Waals surface area contributed by atoms with Gasteiger partial charge in [0.2, 0.25) is 0 Å². The van der Waals surface area contributed by atoms with E-state index in [4.69, 9.17) is 32.7 Å². The third-order valence-electron chi connectivity index (χ3n) is 6.80. The van der Waals surface area contributed by atoms with E-state index in [1.54, 1.807) is 0 Å². The van der Waals surface area contributed by atoms with Crippen molar-refractivity contribution in [3.8, 4) is 16.9 Å². The predicted molar refractivity (Wildman–Crippen MR) is 146 cm³/mol. The summed E-state index contributed by atoms with van der Waals surface area (Å²) in [6, 6.07) is 7.77. The van der Waals surface area contributed by atoms with Gasteiger partial charge in [0.25, 0.3) is 0 Å². The van der Waals surface area contributed by atoms with Crippen LogP contribution in [0.15, 0.2) is 24.3 Å². The average Bonchev–Trinajstić information content (AvgIpc) is 3.26. The van der Waals surface area contributed by atoms with Crippen molar-refractivity contribution in [3.63, 3.8) is 0 Å². The number of hydrogen-bond donors (Lipinski definition) is 0. The number of rotatable bonds is 7. The predicted octanol–water partition coefficient (Wildman–Crippen LogP) is 6.92. The summed E-state index contributed by atoms with van der Waals surface area (Å²) in [4.78, 5) is 12.9. The number of ether oxygens (including phenoxy) is 2. The maximum atomic E-state index is 12.9. The summed E-state index contributed by atoms with van der Waals surface area (Å²) in [6.07, 6.45) is 1.35. The Labute approximate surface area is 221 Å². The minimum Gasteiger partial charge on any atom is -0.494 e. The highest BCUT2D eigenvalue weighted by Gasteiger charge is 2.26. The number of hydrogen-bond acceptors (Lipinski definition) is 4. The highest BCUT2D eigenvalue weighted by molar-refractivity contribution is 6.35. The van der Waals surface area contributed by atoms with Crippen LogP contribution >= 0.6 is 23.2 Å². The first-order chi connectivity index (χ1) is 17.1. The van der Waals surface area contributed by atoms with Crippen LogP contribution in [0.1, 0.15) is 45.0 Å². The van der Waals surface area contributed by atoms with E-state index in [0.717, 1.165) is 60.9 Å². The van der Waals surface area contributed by atoms with E-state index < -0.39 is 0 Å². The molecule has 8 heteroatoms. The lowest BCUT2D eigenvalue weighted by Crippen LogP contribution is -2.11. The number of carbonyl (C=O) groups excluding carboxylic acids is 1. The molecule has 6 nitrogen and oxygen atoms in total. The van der Waals surface area contributed by atoms with Crippen LogP contribution in [0.3, 0.4) is 0 Å². The average molecular weight is 528 g/mol. The van der Waals surface area contributed by atoms with E-state index in [0.29, 0.717) is 30.2 Å². The molecule has 0 bridgehead atoms. The van der Waals surface area contributed by atoms with Crippen LogP contribution in [0.25, 0.3) is 22.0 Å². The van der Waals surface area contributed by atoms with E-state index in [1.165, 1.54) is 7.11 Å². The lowest BCUT2D eigenvalue weighted by molar-refractivity contribution is 0.0589. The monoisotopic (exact) mass is 527 g/mol. The minimum atomic E-state index is -0.379. The van der Waals surface area contributed by atoms with Gasteiger partial charge in [-0.25, -0.2) is 4.79 Å². The molecule has 0 spiro atoms. The van der Waals surface area contributed by atoms with Crippen LogP contribution in [0.5, 0.6) is 5.75 Å². The largest absolute Gasteiger partial charge is 0.494 e. The van der Waals surface area contributed by atoms with E-state index in [-0.39, 0.29) is 5.97 Å². The molecule has 4 aromatic rings. The Kier molecular flexibility index (Phi) is 7.39. The standard InChI is InChI=1S/C28H31Cl2N3O3/c1-15-13-19(14-16(2)25(15)30)36-12-8-9-20-21-10-11-22(29)24(23-17(3)31-33(6)18(23)4)26(21)32(5)27(20)28(34)35-7/h10-11,13-14H,8-9,12H2,1-7H3. The summed E-state index contributed by atoms with van der Waals surface area (Å²) in [7, 11) is 5.20. The molecular formula is C28H31Cl2N3O3. The van der Waals surface area contributed by atoms with Crippen molar-refractivity contribution in [2.24, 2.45) is 14.1 Å². The molecule has 0 aliphatic carbocycles. The fourth-order valence-electron chi connectivity index (χ4n) is 5.01. The van der Waals surface area contributed by atoms with E-state index >= 15 is 0 Å². The summed E-state index contributed by atoms with van der Waals surface area (Å²) in [5.74, 6) is 0.410. The molecule has 0 fully saturated rings. The zero-order chi connectivity index (χ0) is 26.3. The zero-order valence-corrected chi connectivity index (χ0v) is 23.3. The van der Waals surface area contributed by atoms with Gasteiger partial charge in [0.1, 0.15) is 11.4 Å². The smallest absolute Gasteiger partial charge is 0.354 e. The van der Waals surface area contributed by atoms with Gasteiger partial charge >= 0.3 is 5.97 Å². The molecule has 0 saturated heterocycles. The second-order valence-corrected chi connectivity index (χ2v) is 9.97. The quantitative estimate of drug-likeness (QED) is 0.193. The SMILES string of the molecule is COC(=O)c1c(CCCOc2cc(C)c(Cl)c(C)c2)c2ccc(Cl)c(-c3c(C)nn(C)c3C)c2n1C. The topological polar surface area (TPSA) is 58.3 Å². The molecule has 4 rings (SSSR count). The number of aryl methyl sites for hydroxylation is 6. The molecular weight excluding hydrogens is 497 g/mol. The highest BCUT2D eigenvalue weighted by atomic mass is 35.5. The molecule has 0 N–H and O–H groups in total. The molecule has 190 valence electrons. The van der Waals surface area contributed by atoms with Crippen molar-refractivity contribution < 1.29 is 14.3 Å². The number of esters is 1. The Hall–Kier alpha value is -2.96. The molecule has 2 aromatic heterocycles. The first-order valence-electron chi connectivity index (χ1n) is 11.8. The van der Waals surface area contributed by atoms with Gasteiger partial charge in [-0.1, -0.05) is 29.3 Å². The molecule has 0 aliphatic heterocycles. The van der Waals surface area contributed by atoms with Gasteiger partial charge in [-0.2, -0.15) is 5.10 Å². The number of carbonyl (C=O) groups is 1. The van der Waals surface area contributed by atoms with E-state index in [2.05, 4.69) is 5.10 Å². The Balaban J connectivity index is 1.74. The molecule has 2 heterocycles. The Bertz CT molecular complexity index is 1460. The van der Waals surface area contributed by atoms with Gasteiger partial charge in [0.15, 0.2) is 0 Å². The van der Waals surface area contributed by atoms with Crippen molar-refractivity contribution in [1.29, 1.82) is 0 Å². The van der Waals surface area contributed by atoms with E-state index in [1.807, 2.05) is 75.3 Å². The maximum absolute atomic E-state index is 12.9. The Morgan fingerprint density at radius 3 is 2.28 bits per heavy atom. The van der Waals surface area contributed by atoms with Crippen LogP contribution in [0, 0.1) is 27.7 Å². The number of aromatic nitrogens is 3. The number of fused-ring (bicyclic) bond motifs is 1. The lowest BCUT2D eigenvalue weighted by Gasteiger charge is -2.11. The third-order valence-corrected chi connectivity index (χ3v) is 7.71. The fourth-order valence-corrected chi connectivity index (χ4v) is 5.37. The molecule has 0 atom stereocenters. The van der Waals surface area contributed by atoms with Crippen LogP contribution in [-0.2, 0) is 25.3 Å². The lowest BCUT2D eigenvalue weighted by atomic mass is 9.98. The zero-order valence-electron chi connectivity index (χ0n) is 21.8. The molecule has 0 amide bonds. The molecule has 0 aliphatic rings. The van der Waals surface area contributed by atoms with Crippen LogP contribution in [0.2, 0.25) is 10.0 Å². The van der Waals surface area contributed by atoms with Gasteiger partial charge in [-0.3, -0.25) is 4.68 Å². The number of methoxy groups -OCH3 is 1. The van der Waals surface area contributed by atoms with Gasteiger partial charge in [-0.05, 0) is 75.4 Å². The molecule has 0 radical (unpaired) electrons. The first kappa shape index (κ1) is 26.1. The minimum absolute atomic E-state index is 0.379. The van der Waals surface area contributed by atoms with Crippen LogP contribution in [-0.4, -0.2) is 34.0 Å². The van der Waals surface area contributed by atoms with Gasteiger partial charge in [0.05, 0.1) is 29.9 Å². The van der Waals surface area contributed by atoms with Crippen LogP contribution < -0.4 is 4.74 Å².